The highest BCUT2D eigenvalue weighted by atomic mass is 16.1. The van der Waals surface area contributed by atoms with Gasteiger partial charge in [0.05, 0.1) is 11.1 Å². The number of Topliss-reactive ketones (excluding diaryl/α,β-unsaturated/α-hetero) is 1. The van der Waals surface area contributed by atoms with Crippen LogP contribution in [0.2, 0.25) is 0 Å². The number of ketones is 1. The molecule has 0 N–H and O–H groups in total. The number of benzene rings is 2. The molecule has 0 radical (unpaired) electrons. The second-order valence-corrected chi connectivity index (χ2v) is 6.45. The van der Waals surface area contributed by atoms with E-state index in [0.29, 0.717) is 12.1 Å². The summed E-state index contributed by atoms with van der Waals surface area (Å²) in [6.07, 6.45) is 3.23. The third kappa shape index (κ3) is 3.17. The van der Waals surface area contributed by atoms with Gasteiger partial charge in [0.2, 0.25) is 5.43 Å². The zero-order valence-corrected chi connectivity index (χ0v) is 14.9. The molecule has 0 unspecified atom stereocenters. The molecule has 4 aromatic rings. The highest BCUT2D eigenvalue weighted by molar-refractivity contribution is 5.96. The van der Waals surface area contributed by atoms with Crippen LogP contribution < -0.4 is 5.43 Å². The molecule has 0 aliphatic carbocycles. The summed E-state index contributed by atoms with van der Waals surface area (Å²) in [5.41, 5.74) is 4.25. The second-order valence-electron chi connectivity index (χ2n) is 6.45. The van der Waals surface area contributed by atoms with Gasteiger partial charge in [-0.3, -0.25) is 14.6 Å². The molecule has 2 heterocycles. The molecule has 4 rings (SSSR count). The van der Waals surface area contributed by atoms with Gasteiger partial charge in [0, 0.05) is 18.9 Å². The summed E-state index contributed by atoms with van der Waals surface area (Å²) >= 11 is 0. The fraction of sp³-hybridized carbons (Fsp3) is 0.0870. The van der Waals surface area contributed by atoms with Crippen molar-refractivity contribution in [1.29, 1.82) is 0 Å². The number of hydrogen-bond acceptors (Lipinski definition) is 3. The largest absolute Gasteiger partial charge is 0.341 e. The average Bonchev–Trinajstić information content (AvgIpc) is 2.71. The summed E-state index contributed by atoms with van der Waals surface area (Å²) in [6, 6.07) is 22.0. The minimum atomic E-state index is -0.314. The predicted octanol–water partition coefficient (Wildman–Crippen LogP) is 4.31. The Balaban J connectivity index is 1.90. The molecule has 4 heteroatoms. The van der Waals surface area contributed by atoms with Crippen molar-refractivity contribution in [1.82, 2.24) is 9.55 Å². The number of nitrogens with zero attached hydrogens (tertiary/aromatic N) is 2. The first kappa shape index (κ1) is 16.9. The third-order valence-corrected chi connectivity index (χ3v) is 4.66. The Morgan fingerprint density at radius 3 is 2.48 bits per heavy atom. The van der Waals surface area contributed by atoms with Crippen molar-refractivity contribution in [2.24, 2.45) is 0 Å². The van der Waals surface area contributed by atoms with E-state index in [1.54, 1.807) is 18.5 Å². The van der Waals surface area contributed by atoms with Crippen LogP contribution in [0.3, 0.4) is 0 Å². The Bertz CT molecular complexity index is 1190. The number of carbonyl (C=O) groups excluding carboxylic acids is 1. The van der Waals surface area contributed by atoms with E-state index in [4.69, 9.17) is 0 Å². The maximum atomic E-state index is 12.6. The molecule has 0 saturated carbocycles. The van der Waals surface area contributed by atoms with Gasteiger partial charge in [-0.1, -0.05) is 54.6 Å². The van der Waals surface area contributed by atoms with Crippen molar-refractivity contribution in [2.75, 3.05) is 0 Å². The Morgan fingerprint density at radius 2 is 1.70 bits per heavy atom. The maximum absolute atomic E-state index is 12.6. The van der Waals surface area contributed by atoms with Crippen LogP contribution in [0.4, 0.5) is 0 Å². The second kappa shape index (κ2) is 7.00. The van der Waals surface area contributed by atoms with E-state index in [0.717, 1.165) is 22.2 Å². The van der Waals surface area contributed by atoms with Crippen molar-refractivity contribution >= 4 is 16.8 Å². The van der Waals surface area contributed by atoms with Gasteiger partial charge in [0.25, 0.3) is 0 Å². The molecule has 27 heavy (non-hydrogen) atoms. The maximum Gasteiger partial charge on any atom is 0.218 e. The Kier molecular flexibility index (Phi) is 4.38. The number of hydrogen-bond donors (Lipinski definition) is 0. The van der Waals surface area contributed by atoms with Crippen LogP contribution in [0.15, 0.2) is 83.9 Å². The van der Waals surface area contributed by atoms with E-state index in [2.05, 4.69) is 29.2 Å². The first-order valence-corrected chi connectivity index (χ1v) is 8.77. The van der Waals surface area contributed by atoms with Crippen molar-refractivity contribution in [3.05, 3.63) is 100 Å². The normalized spacial score (nSPS) is 10.9. The number of aromatic nitrogens is 2. The van der Waals surface area contributed by atoms with E-state index in [9.17, 15) is 9.59 Å². The lowest BCUT2D eigenvalue weighted by Gasteiger charge is -2.15. The summed E-state index contributed by atoms with van der Waals surface area (Å²) in [5, 5.41) is 0. The van der Waals surface area contributed by atoms with Gasteiger partial charge in [-0.25, -0.2) is 0 Å². The summed E-state index contributed by atoms with van der Waals surface area (Å²) in [5.74, 6) is -0.252. The molecule has 0 bridgehead atoms. The number of fused-ring (bicyclic) bond motifs is 1. The van der Waals surface area contributed by atoms with Crippen molar-refractivity contribution in [2.45, 2.75) is 13.5 Å². The predicted molar refractivity (Wildman–Crippen MR) is 107 cm³/mol. The molecule has 132 valence electrons. The van der Waals surface area contributed by atoms with Crippen molar-refractivity contribution < 1.29 is 4.79 Å². The van der Waals surface area contributed by atoms with Crippen LogP contribution in [0, 0.1) is 0 Å². The molecule has 4 nitrogen and oxygen atoms in total. The zero-order valence-electron chi connectivity index (χ0n) is 14.9. The van der Waals surface area contributed by atoms with Crippen molar-refractivity contribution in [3.63, 3.8) is 0 Å². The van der Waals surface area contributed by atoms with Gasteiger partial charge >= 0.3 is 0 Å². The molecule has 2 aromatic carbocycles. The van der Waals surface area contributed by atoms with Crippen LogP contribution in [-0.4, -0.2) is 15.3 Å². The standard InChI is InChI=1S/C23H18N2O2/c1-16(26)20-15-25(21-12-7-13-24-22(21)23(20)27)14-18-10-5-6-11-19(18)17-8-3-2-4-9-17/h2-13,15H,14H2,1H3. The summed E-state index contributed by atoms with van der Waals surface area (Å²) in [7, 11) is 0. The molecule has 0 amide bonds. The lowest BCUT2D eigenvalue weighted by Crippen LogP contribution is -2.19. The van der Waals surface area contributed by atoms with Crippen LogP contribution in [-0.2, 0) is 6.54 Å². The highest BCUT2D eigenvalue weighted by Gasteiger charge is 2.14. The molecule has 0 aliphatic heterocycles. The first-order valence-electron chi connectivity index (χ1n) is 8.77. The lowest BCUT2D eigenvalue weighted by molar-refractivity contribution is 0.101. The Hall–Kier alpha value is -3.53. The first-order chi connectivity index (χ1) is 13.1. The number of rotatable bonds is 4. The molecule has 0 atom stereocenters. The van der Waals surface area contributed by atoms with E-state index in [-0.39, 0.29) is 16.8 Å². The molecular weight excluding hydrogens is 336 g/mol. The van der Waals surface area contributed by atoms with Gasteiger partial charge in [-0.15, -0.1) is 0 Å². The van der Waals surface area contributed by atoms with E-state index in [1.165, 1.54) is 6.92 Å². The van der Waals surface area contributed by atoms with E-state index >= 15 is 0 Å². The smallest absolute Gasteiger partial charge is 0.218 e. The van der Waals surface area contributed by atoms with E-state index < -0.39 is 0 Å². The van der Waals surface area contributed by atoms with Gasteiger partial charge in [-0.05, 0) is 35.7 Å². The minimum absolute atomic E-state index is 0.165. The van der Waals surface area contributed by atoms with Gasteiger partial charge < -0.3 is 4.57 Å². The fourth-order valence-corrected chi connectivity index (χ4v) is 3.34. The molecule has 0 spiro atoms. The molecule has 0 saturated heterocycles. The Morgan fingerprint density at radius 1 is 0.963 bits per heavy atom. The Labute approximate surface area is 156 Å². The average molecular weight is 354 g/mol. The van der Waals surface area contributed by atoms with Gasteiger partial charge in [0.1, 0.15) is 5.52 Å². The van der Waals surface area contributed by atoms with Crippen molar-refractivity contribution in [3.8, 4) is 11.1 Å². The summed E-state index contributed by atoms with van der Waals surface area (Å²) in [6.45, 7) is 1.95. The number of carbonyl (C=O) groups is 1. The number of pyridine rings is 2. The van der Waals surface area contributed by atoms with Gasteiger partial charge in [0.15, 0.2) is 5.78 Å². The lowest BCUT2D eigenvalue weighted by atomic mass is 9.99. The monoisotopic (exact) mass is 354 g/mol. The quantitative estimate of drug-likeness (QED) is 0.513. The molecule has 0 aliphatic rings. The fourth-order valence-electron chi connectivity index (χ4n) is 3.34. The van der Waals surface area contributed by atoms with Crippen LogP contribution in [0.25, 0.3) is 22.2 Å². The summed E-state index contributed by atoms with van der Waals surface area (Å²) in [4.78, 5) is 28.7. The minimum Gasteiger partial charge on any atom is -0.341 e. The van der Waals surface area contributed by atoms with Crippen LogP contribution >= 0.6 is 0 Å². The van der Waals surface area contributed by atoms with Crippen LogP contribution in [0.1, 0.15) is 22.8 Å². The summed E-state index contributed by atoms with van der Waals surface area (Å²) < 4.78 is 1.93. The zero-order chi connectivity index (χ0) is 18.8. The van der Waals surface area contributed by atoms with Gasteiger partial charge in [-0.2, -0.15) is 0 Å². The molecule has 0 fully saturated rings. The molecular formula is C23H18N2O2. The van der Waals surface area contributed by atoms with Crippen LogP contribution in [0.5, 0.6) is 0 Å². The third-order valence-electron chi connectivity index (χ3n) is 4.66. The SMILES string of the molecule is CC(=O)c1cn(Cc2ccccc2-c2ccccc2)c2cccnc2c1=O. The molecule has 2 aromatic heterocycles. The van der Waals surface area contributed by atoms with E-state index in [1.807, 2.05) is 41.0 Å². The topological polar surface area (TPSA) is 52.0 Å². The highest BCUT2D eigenvalue weighted by Crippen LogP contribution is 2.25.